The smallest absolute Gasteiger partial charge is 0.322 e. The van der Waals surface area contributed by atoms with Crippen LogP contribution >= 0.6 is 7.67 Å². The number of nitrogens with one attached hydrogen (secondary N) is 2. The molecule has 3 aliphatic rings. The lowest BCUT2D eigenvalue weighted by Crippen LogP contribution is -2.45. The molecule has 1 saturated heterocycles. The van der Waals surface area contributed by atoms with E-state index in [0.717, 1.165) is 0 Å². The fourth-order valence-corrected chi connectivity index (χ4v) is 6.01. The van der Waals surface area contributed by atoms with E-state index in [0.29, 0.717) is 11.8 Å². The van der Waals surface area contributed by atoms with Gasteiger partial charge in [-0.25, -0.2) is 10.2 Å². The Labute approximate surface area is 116 Å². The van der Waals surface area contributed by atoms with Crippen molar-refractivity contribution in [1.82, 2.24) is 10.2 Å². The molecule has 0 amide bonds. The molecule has 5 heteroatoms. The molecule has 3 rings (SSSR count). The Bertz CT molecular complexity index is 321. The topological polar surface area (TPSA) is 61.4 Å². The van der Waals surface area contributed by atoms with Crippen LogP contribution in [0.1, 0.15) is 64.2 Å². The van der Waals surface area contributed by atoms with Crippen molar-refractivity contribution >= 4 is 7.67 Å². The van der Waals surface area contributed by atoms with Crippen LogP contribution in [0.4, 0.5) is 0 Å². The summed E-state index contributed by atoms with van der Waals surface area (Å²) in [5.74, 6) is 1.19. The predicted molar refractivity (Wildman–Crippen MR) is 76.8 cm³/mol. The molecule has 0 spiro atoms. The molecule has 3 fully saturated rings. The van der Waals surface area contributed by atoms with Crippen LogP contribution in [0.3, 0.4) is 0 Å². The van der Waals surface area contributed by atoms with Gasteiger partial charge in [-0.1, -0.05) is 38.5 Å². The Kier molecular flexibility index (Phi) is 4.33. The Morgan fingerprint density at radius 1 is 0.737 bits per heavy atom. The van der Waals surface area contributed by atoms with Gasteiger partial charge in [-0.2, -0.15) is 0 Å². The summed E-state index contributed by atoms with van der Waals surface area (Å²) in [6, 6.07) is 0.443. The molecule has 0 aromatic carbocycles. The van der Waals surface area contributed by atoms with Crippen molar-refractivity contribution in [1.29, 1.82) is 0 Å². The maximum atomic E-state index is 12.1. The third-order valence-electron chi connectivity index (χ3n) is 5.35. The van der Waals surface area contributed by atoms with Crippen LogP contribution in [-0.4, -0.2) is 17.0 Å². The highest BCUT2D eigenvalue weighted by atomic mass is 31.2. The molecule has 19 heavy (non-hydrogen) atoms. The van der Waals surface area contributed by atoms with Crippen molar-refractivity contribution < 1.29 is 9.46 Å². The van der Waals surface area contributed by atoms with Gasteiger partial charge >= 0.3 is 7.67 Å². The maximum absolute atomic E-state index is 12.1. The molecule has 0 bridgehead atoms. The Balaban J connectivity index is 1.72. The zero-order valence-corrected chi connectivity index (χ0v) is 12.6. The molecule has 0 aromatic rings. The van der Waals surface area contributed by atoms with Crippen LogP contribution in [-0.2, 0) is 4.57 Å². The number of hydrogen-bond donors (Lipinski definition) is 3. The van der Waals surface area contributed by atoms with E-state index < -0.39 is 7.67 Å². The molecule has 2 aliphatic carbocycles. The Morgan fingerprint density at radius 2 is 1.11 bits per heavy atom. The highest BCUT2D eigenvalue weighted by molar-refractivity contribution is 7.54. The van der Waals surface area contributed by atoms with Gasteiger partial charge < -0.3 is 4.89 Å². The fraction of sp³-hybridized carbons (Fsp3) is 1.00. The largest absolute Gasteiger partial charge is 0.338 e. The van der Waals surface area contributed by atoms with Crippen molar-refractivity contribution in [3.8, 4) is 0 Å². The van der Waals surface area contributed by atoms with Crippen LogP contribution < -0.4 is 10.2 Å². The van der Waals surface area contributed by atoms with E-state index in [-0.39, 0.29) is 12.1 Å². The summed E-state index contributed by atoms with van der Waals surface area (Å²) >= 11 is 0. The lowest BCUT2D eigenvalue weighted by molar-refractivity contribution is 0.205. The lowest BCUT2D eigenvalue weighted by Gasteiger charge is -2.35. The zero-order valence-electron chi connectivity index (χ0n) is 11.7. The van der Waals surface area contributed by atoms with Crippen LogP contribution in [0.15, 0.2) is 0 Å². The molecule has 2 unspecified atom stereocenters. The maximum Gasteiger partial charge on any atom is 0.338 e. The monoisotopic (exact) mass is 286 g/mol. The first kappa shape index (κ1) is 14.1. The van der Waals surface area contributed by atoms with Gasteiger partial charge in [0.25, 0.3) is 0 Å². The Morgan fingerprint density at radius 3 is 1.47 bits per heavy atom. The van der Waals surface area contributed by atoms with Gasteiger partial charge in [0.15, 0.2) is 0 Å². The highest BCUT2D eigenvalue weighted by Crippen LogP contribution is 2.46. The molecule has 0 aromatic heterocycles. The van der Waals surface area contributed by atoms with E-state index in [2.05, 4.69) is 10.2 Å². The van der Waals surface area contributed by atoms with Gasteiger partial charge in [0.2, 0.25) is 0 Å². The van der Waals surface area contributed by atoms with Gasteiger partial charge in [0.05, 0.1) is 0 Å². The first-order chi connectivity index (χ1) is 9.16. The third-order valence-corrected chi connectivity index (χ3v) is 6.65. The van der Waals surface area contributed by atoms with Crippen molar-refractivity contribution in [2.75, 3.05) is 0 Å². The van der Waals surface area contributed by atoms with Crippen molar-refractivity contribution in [3.05, 3.63) is 0 Å². The minimum atomic E-state index is -3.29. The summed E-state index contributed by atoms with van der Waals surface area (Å²) in [4.78, 5) is 9.93. The highest BCUT2D eigenvalue weighted by Gasteiger charge is 2.46. The molecule has 3 N–H and O–H groups in total. The van der Waals surface area contributed by atoms with E-state index in [1.807, 2.05) is 0 Å². The van der Waals surface area contributed by atoms with Gasteiger partial charge in [0, 0.05) is 12.1 Å². The summed E-state index contributed by atoms with van der Waals surface area (Å²) in [6.07, 6.45) is 12.7. The van der Waals surface area contributed by atoms with E-state index in [1.165, 1.54) is 64.2 Å². The van der Waals surface area contributed by atoms with Crippen molar-refractivity contribution in [3.63, 3.8) is 0 Å². The Hall–Kier alpha value is 0.110. The van der Waals surface area contributed by atoms with E-state index >= 15 is 0 Å². The molecule has 2 atom stereocenters. The second-order valence-corrected chi connectivity index (χ2v) is 8.35. The van der Waals surface area contributed by atoms with Gasteiger partial charge in [-0.3, -0.25) is 4.57 Å². The molecule has 1 heterocycles. The van der Waals surface area contributed by atoms with E-state index in [9.17, 15) is 9.46 Å². The molecular formula is C14H27N2O2P. The second-order valence-electron chi connectivity index (χ2n) is 6.68. The first-order valence-corrected chi connectivity index (χ1v) is 9.70. The van der Waals surface area contributed by atoms with Crippen molar-refractivity contribution in [2.45, 2.75) is 76.3 Å². The lowest BCUT2D eigenvalue weighted by atomic mass is 9.75. The minimum absolute atomic E-state index is 0.222. The van der Waals surface area contributed by atoms with Crippen molar-refractivity contribution in [2.24, 2.45) is 11.8 Å². The molecule has 1 aliphatic heterocycles. The molecule has 4 nitrogen and oxygen atoms in total. The molecular weight excluding hydrogens is 259 g/mol. The van der Waals surface area contributed by atoms with Crippen LogP contribution in [0, 0.1) is 11.8 Å². The average Bonchev–Trinajstić information content (AvgIpc) is 2.77. The van der Waals surface area contributed by atoms with Crippen LogP contribution in [0.5, 0.6) is 0 Å². The second kappa shape index (κ2) is 5.85. The fourth-order valence-electron chi connectivity index (χ4n) is 4.39. The molecule has 110 valence electrons. The standard InChI is InChI=1S/C14H27N2O2P/c17-19(18)15-13(11-7-3-1-4-8-11)14(16-19)12-9-5-2-6-10-12/h11-14H,1-10H2,(H3,15,16,17,18). The average molecular weight is 286 g/mol. The van der Waals surface area contributed by atoms with Crippen LogP contribution in [0.25, 0.3) is 0 Å². The molecule has 2 saturated carbocycles. The zero-order chi connectivity index (χ0) is 13.3. The quantitative estimate of drug-likeness (QED) is 0.682. The predicted octanol–water partition coefficient (Wildman–Crippen LogP) is 3.18. The van der Waals surface area contributed by atoms with Gasteiger partial charge in [0.1, 0.15) is 0 Å². The van der Waals surface area contributed by atoms with Crippen LogP contribution in [0.2, 0.25) is 0 Å². The number of hydrogen-bond acceptors (Lipinski definition) is 1. The van der Waals surface area contributed by atoms with Gasteiger partial charge in [-0.15, -0.1) is 0 Å². The summed E-state index contributed by atoms with van der Waals surface area (Å²) in [6.45, 7) is 0. The summed E-state index contributed by atoms with van der Waals surface area (Å²) in [7, 11) is -3.29. The summed E-state index contributed by atoms with van der Waals surface area (Å²) < 4.78 is 12.1. The summed E-state index contributed by atoms with van der Waals surface area (Å²) in [5.41, 5.74) is 0. The van der Waals surface area contributed by atoms with Gasteiger partial charge in [-0.05, 0) is 37.5 Å². The first-order valence-electron chi connectivity index (χ1n) is 8.04. The minimum Gasteiger partial charge on any atom is -0.322 e. The van der Waals surface area contributed by atoms with E-state index in [4.69, 9.17) is 0 Å². The van der Waals surface area contributed by atoms with E-state index in [1.54, 1.807) is 0 Å². The normalized spacial score (nSPS) is 42.6. The summed E-state index contributed by atoms with van der Waals surface area (Å²) in [5, 5.41) is 6.09. The SMILES string of the molecule is O=P1(O)NC(C2CCCCC2)C(C2CCCCC2)N1. The number of rotatable bonds is 2. The molecule has 0 radical (unpaired) electrons. The third kappa shape index (κ3) is 3.24.